The number of anilines is 1. The van der Waals surface area contributed by atoms with Crippen molar-refractivity contribution in [2.24, 2.45) is 0 Å². The molecule has 0 aliphatic carbocycles. The Balaban J connectivity index is 1.49. The van der Waals surface area contributed by atoms with E-state index in [1.165, 1.54) is 7.11 Å². The van der Waals surface area contributed by atoms with Crippen LogP contribution < -0.4 is 15.4 Å². The van der Waals surface area contributed by atoms with Gasteiger partial charge in [0.25, 0.3) is 5.91 Å². The molecule has 0 spiro atoms. The minimum absolute atomic E-state index is 0.166. The van der Waals surface area contributed by atoms with Gasteiger partial charge in [0.1, 0.15) is 11.3 Å². The van der Waals surface area contributed by atoms with Crippen LogP contribution in [0.5, 0.6) is 5.75 Å². The van der Waals surface area contributed by atoms with Gasteiger partial charge in [-0.1, -0.05) is 12.1 Å². The summed E-state index contributed by atoms with van der Waals surface area (Å²) in [6.45, 7) is 1.87. The van der Waals surface area contributed by atoms with Gasteiger partial charge >= 0.3 is 0 Å². The first kappa shape index (κ1) is 19.5. The van der Waals surface area contributed by atoms with Crippen molar-refractivity contribution in [3.05, 3.63) is 72.1 Å². The number of methoxy groups -OCH3 is 1. The number of nitrogens with one attached hydrogen (secondary N) is 2. The summed E-state index contributed by atoms with van der Waals surface area (Å²) in [6.07, 6.45) is 3.38. The number of amides is 1. The van der Waals surface area contributed by atoms with Crippen molar-refractivity contribution in [3.63, 3.8) is 0 Å². The molecule has 0 aliphatic rings. The van der Waals surface area contributed by atoms with E-state index in [-0.39, 0.29) is 11.0 Å². The van der Waals surface area contributed by atoms with Gasteiger partial charge in [-0.2, -0.15) is 0 Å². The Morgan fingerprint density at radius 3 is 2.80 bits per heavy atom. The molecule has 2 aromatic heterocycles. The number of benzene rings is 2. The Morgan fingerprint density at radius 2 is 2.03 bits per heavy atom. The number of hydrogen-bond donors (Lipinski definition) is 2. The second-order valence-electron chi connectivity index (χ2n) is 6.51. The van der Waals surface area contributed by atoms with Crippen LogP contribution >= 0.6 is 12.2 Å². The second kappa shape index (κ2) is 8.30. The molecule has 4 aromatic rings. The lowest BCUT2D eigenvalue weighted by Gasteiger charge is -2.13. The summed E-state index contributed by atoms with van der Waals surface area (Å²) >= 11 is 5.29. The van der Waals surface area contributed by atoms with E-state index in [2.05, 4.69) is 20.6 Å². The molecule has 0 bridgehead atoms. The fraction of sp³-hybridized carbons (Fsp3) is 0.0909. The summed E-state index contributed by atoms with van der Waals surface area (Å²) in [4.78, 5) is 21.2. The van der Waals surface area contributed by atoms with Crippen LogP contribution in [0.4, 0.5) is 5.69 Å². The van der Waals surface area contributed by atoms with Gasteiger partial charge in [0, 0.05) is 18.1 Å². The summed E-state index contributed by atoms with van der Waals surface area (Å²) < 4.78 is 11.1. The number of oxazole rings is 1. The van der Waals surface area contributed by atoms with E-state index in [9.17, 15) is 4.79 Å². The Kier molecular flexibility index (Phi) is 5.40. The van der Waals surface area contributed by atoms with E-state index < -0.39 is 0 Å². The van der Waals surface area contributed by atoms with E-state index in [1.54, 1.807) is 42.7 Å². The highest BCUT2D eigenvalue weighted by Gasteiger charge is 2.15. The minimum atomic E-state index is -0.352. The zero-order valence-corrected chi connectivity index (χ0v) is 17.1. The molecule has 7 nitrogen and oxygen atoms in total. The number of thiocarbonyl (C=S) groups is 1. The largest absolute Gasteiger partial charge is 0.496 e. The average molecular weight is 418 g/mol. The number of aromatic nitrogens is 2. The number of hydrogen-bond acceptors (Lipinski definition) is 6. The van der Waals surface area contributed by atoms with Gasteiger partial charge in [0.05, 0.1) is 18.2 Å². The van der Waals surface area contributed by atoms with Crippen LogP contribution in [0.3, 0.4) is 0 Å². The van der Waals surface area contributed by atoms with Crippen LogP contribution in [0.25, 0.3) is 22.6 Å². The quantitative estimate of drug-likeness (QED) is 0.477. The zero-order chi connectivity index (χ0) is 21.1. The first-order valence-electron chi connectivity index (χ1n) is 9.12. The summed E-state index contributed by atoms with van der Waals surface area (Å²) in [5.41, 5.74) is 4.04. The normalized spacial score (nSPS) is 10.6. The molecule has 0 fully saturated rings. The standard InChI is InChI=1S/C22H18N4O3S/c1-13-5-3-7-16(19(13)28-2)20(27)26-22(30)24-15-8-9-18-17(11-15)25-21(29-18)14-6-4-10-23-12-14/h3-12H,1-2H3,(H2,24,26,27,30). The van der Waals surface area contributed by atoms with Crippen molar-refractivity contribution in [2.75, 3.05) is 12.4 Å². The molecular formula is C22H18N4O3S. The molecule has 2 aromatic carbocycles. The van der Waals surface area contributed by atoms with Crippen LogP contribution in [0.2, 0.25) is 0 Å². The average Bonchev–Trinajstić information content (AvgIpc) is 3.17. The Labute approximate surface area is 178 Å². The van der Waals surface area contributed by atoms with Gasteiger partial charge < -0.3 is 14.5 Å². The second-order valence-corrected chi connectivity index (χ2v) is 6.92. The highest BCUT2D eigenvalue weighted by Crippen LogP contribution is 2.26. The van der Waals surface area contributed by atoms with Gasteiger partial charge in [-0.15, -0.1) is 0 Å². The Morgan fingerprint density at radius 1 is 1.17 bits per heavy atom. The monoisotopic (exact) mass is 418 g/mol. The Hall–Kier alpha value is -3.78. The lowest BCUT2D eigenvalue weighted by Crippen LogP contribution is -2.34. The number of ether oxygens (including phenoxy) is 1. The molecule has 150 valence electrons. The van der Waals surface area contributed by atoms with Crippen molar-refractivity contribution in [1.29, 1.82) is 0 Å². The van der Waals surface area contributed by atoms with Crippen molar-refractivity contribution < 1.29 is 13.9 Å². The molecular weight excluding hydrogens is 400 g/mol. The van der Waals surface area contributed by atoms with Gasteiger partial charge in [0.15, 0.2) is 10.7 Å². The number of nitrogens with zero attached hydrogens (tertiary/aromatic N) is 2. The molecule has 4 rings (SSSR count). The van der Waals surface area contributed by atoms with E-state index >= 15 is 0 Å². The SMILES string of the molecule is COc1c(C)cccc1C(=O)NC(=S)Nc1ccc2oc(-c3cccnc3)nc2c1. The van der Waals surface area contributed by atoms with E-state index in [0.717, 1.165) is 11.1 Å². The highest BCUT2D eigenvalue weighted by atomic mass is 32.1. The molecule has 30 heavy (non-hydrogen) atoms. The number of rotatable bonds is 4. The third-order valence-corrected chi connectivity index (χ3v) is 4.65. The van der Waals surface area contributed by atoms with Crippen LogP contribution in [0.1, 0.15) is 15.9 Å². The lowest BCUT2D eigenvalue weighted by molar-refractivity contribution is 0.0974. The molecule has 0 saturated carbocycles. The van der Waals surface area contributed by atoms with Crippen molar-refractivity contribution in [2.45, 2.75) is 6.92 Å². The molecule has 0 atom stereocenters. The minimum Gasteiger partial charge on any atom is -0.496 e. The van der Waals surface area contributed by atoms with Crippen LogP contribution in [-0.4, -0.2) is 28.1 Å². The predicted molar refractivity (Wildman–Crippen MR) is 119 cm³/mol. The topological polar surface area (TPSA) is 89.3 Å². The van der Waals surface area contributed by atoms with Gasteiger partial charge in [-0.25, -0.2) is 4.98 Å². The molecule has 0 unspecified atom stereocenters. The van der Waals surface area contributed by atoms with Gasteiger partial charge in [0.2, 0.25) is 5.89 Å². The van der Waals surface area contributed by atoms with Crippen molar-refractivity contribution >= 4 is 40.0 Å². The zero-order valence-electron chi connectivity index (χ0n) is 16.3. The van der Waals surface area contributed by atoms with Crippen LogP contribution in [-0.2, 0) is 0 Å². The number of para-hydroxylation sites is 1. The highest BCUT2D eigenvalue weighted by molar-refractivity contribution is 7.80. The summed E-state index contributed by atoms with van der Waals surface area (Å²) in [6, 6.07) is 14.4. The van der Waals surface area contributed by atoms with E-state index in [1.807, 2.05) is 25.1 Å². The maximum atomic E-state index is 12.6. The summed E-state index contributed by atoms with van der Waals surface area (Å²) in [5.74, 6) is 0.650. The molecule has 0 aliphatic heterocycles. The molecule has 0 radical (unpaired) electrons. The lowest BCUT2D eigenvalue weighted by atomic mass is 10.1. The predicted octanol–water partition coefficient (Wildman–Crippen LogP) is 4.33. The number of carbonyl (C=O) groups excluding carboxylic acids is 1. The molecule has 2 N–H and O–H groups in total. The number of pyridine rings is 1. The van der Waals surface area contributed by atoms with Crippen molar-refractivity contribution in [3.8, 4) is 17.2 Å². The smallest absolute Gasteiger partial charge is 0.261 e. The maximum absolute atomic E-state index is 12.6. The summed E-state index contributed by atoms with van der Waals surface area (Å²) in [7, 11) is 1.53. The van der Waals surface area contributed by atoms with Gasteiger partial charge in [-0.05, 0) is 61.1 Å². The molecule has 0 saturated heterocycles. The van der Waals surface area contributed by atoms with Gasteiger partial charge in [-0.3, -0.25) is 15.1 Å². The van der Waals surface area contributed by atoms with E-state index in [0.29, 0.717) is 34.0 Å². The first-order valence-corrected chi connectivity index (χ1v) is 9.53. The Bertz CT molecular complexity index is 1240. The molecule has 8 heteroatoms. The third kappa shape index (κ3) is 3.99. The third-order valence-electron chi connectivity index (χ3n) is 4.44. The molecule has 1 amide bonds. The first-order chi connectivity index (χ1) is 14.5. The maximum Gasteiger partial charge on any atom is 0.261 e. The molecule has 2 heterocycles. The number of carbonyl (C=O) groups is 1. The van der Waals surface area contributed by atoms with Crippen LogP contribution in [0.15, 0.2) is 65.3 Å². The van der Waals surface area contributed by atoms with E-state index in [4.69, 9.17) is 21.4 Å². The van der Waals surface area contributed by atoms with Crippen LogP contribution in [0, 0.1) is 6.92 Å². The fourth-order valence-electron chi connectivity index (χ4n) is 3.05. The summed E-state index contributed by atoms with van der Waals surface area (Å²) in [5, 5.41) is 5.84. The fourth-order valence-corrected chi connectivity index (χ4v) is 3.26. The number of fused-ring (bicyclic) bond motifs is 1. The number of aryl methyl sites for hydroxylation is 1. The van der Waals surface area contributed by atoms with Crippen molar-refractivity contribution in [1.82, 2.24) is 15.3 Å².